The predicted octanol–water partition coefficient (Wildman–Crippen LogP) is 3.53. The average Bonchev–Trinajstić information content (AvgIpc) is 3.52. The van der Waals surface area contributed by atoms with Gasteiger partial charge in [-0.3, -0.25) is 5.32 Å². The van der Waals surface area contributed by atoms with Gasteiger partial charge in [-0.2, -0.15) is 13.2 Å². The van der Waals surface area contributed by atoms with Gasteiger partial charge in [-0.1, -0.05) is 0 Å². The lowest BCUT2D eigenvalue weighted by atomic mass is 10.0. The third-order valence-corrected chi connectivity index (χ3v) is 5.67. The van der Waals surface area contributed by atoms with Crippen LogP contribution in [0.25, 0.3) is 33.2 Å². The summed E-state index contributed by atoms with van der Waals surface area (Å²) in [5.74, 6) is -0.843. The number of nitrogens with one attached hydrogen (secondary N) is 3. The molecule has 12 nitrogen and oxygen atoms in total. The number of halogens is 3. The van der Waals surface area contributed by atoms with Gasteiger partial charge in [-0.05, 0) is 26.0 Å². The zero-order chi connectivity index (χ0) is 27.4. The second kappa shape index (κ2) is 11.0. The number of H-pyrrole nitrogens is 1. The lowest BCUT2D eigenvalue weighted by Gasteiger charge is -2.15. The van der Waals surface area contributed by atoms with Crippen molar-refractivity contribution in [3.05, 3.63) is 46.2 Å². The number of anilines is 1. The molecule has 1 atom stereocenters. The minimum Gasteiger partial charge on any atom is -0.474 e. The Labute approximate surface area is 215 Å². The molecule has 4 aromatic rings. The number of urea groups is 1. The van der Waals surface area contributed by atoms with Crippen molar-refractivity contribution in [1.82, 2.24) is 30.5 Å². The number of aromatic nitrogens is 5. The van der Waals surface area contributed by atoms with Crippen LogP contribution in [0.4, 0.5) is 23.8 Å². The molecule has 0 unspecified atom stereocenters. The number of rotatable bonds is 8. The molecule has 4 heterocycles. The number of carbonyl (C=O) groups excluding carboxylic acids is 1. The minimum atomic E-state index is -4.67. The van der Waals surface area contributed by atoms with Crippen LogP contribution in [0, 0.1) is 0 Å². The normalized spacial score (nSPS) is 12.3. The number of alkyl halides is 3. The minimum absolute atomic E-state index is 0.00705. The first-order valence-electron chi connectivity index (χ1n) is 11.0. The molecule has 4 rings (SSSR count). The molecule has 0 bridgehead atoms. The monoisotopic (exact) mass is 551 g/mol. The fraction of sp³-hybridized carbons (Fsp3) is 0.273. The number of nitrogens with zero attached hydrogens (tertiary/aromatic N) is 4. The standard InChI is InChI=1S/C22H20F3N7O5S/c1-3-26-20(34)30-16-5-13(19-29-15(9-38-19)22(23,24)25)14(7-27-16)12-4-11(17-31-32-21(35)37-17)6-28-18(12)36-8-10(2)33/h4-7,9-10,33H,3,8H2,1-2H3,(H,32,35)(H2,26,27,30,34)/t10-/m0/s1. The molecular formula is C22H20F3N7O5S. The molecule has 2 amide bonds. The number of aromatic amines is 1. The second-order valence-electron chi connectivity index (χ2n) is 7.79. The van der Waals surface area contributed by atoms with E-state index in [9.17, 15) is 27.9 Å². The lowest BCUT2D eigenvalue weighted by Crippen LogP contribution is -2.28. The van der Waals surface area contributed by atoms with E-state index in [1.54, 1.807) is 6.92 Å². The van der Waals surface area contributed by atoms with Crippen molar-refractivity contribution in [3.63, 3.8) is 0 Å². The van der Waals surface area contributed by atoms with E-state index in [2.05, 4.69) is 35.8 Å². The largest absolute Gasteiger partial charge is 0.474 e. The van der Waals surface area contributed by atoms with Gasteiger partial charge >= 0.3 is 18.0 Å². The van der Waals surface area contributed by atoms with Gasteiger partial charge in [0.2, 0.25) is 5.88 Å². The highest BCUT2D eigenvalue weighted by Gasteiger charge is 2.34. The highest BCUT2D eigenvalue weighted by atomic mass is 32.1. The summed E-state index contributed by atoms with van der Waals surface area (Å²) >= 11 is 0.739. The maximum Gasteiger partial charge on any atom is 0.434 e. The van der Waals surface area contributed by atoms with Crippen LogP contribution >= 0.6 is 11.3 Å². The van der Waals surface area contributed by atoms with E-state index in [4.69, 9.17) is 9.15 Å². The molecular weight excluding hydrogens is 531 g/mol. The Kier molecular flexibility index (Phi) is 7.72. The Morgan fingerprint density at radius 2 is 2.03 bits per heavy atom. The van der Waals surface area contributed by atoms with Crippen LogP contribution in [0.2, 0.25) is 0 Å². The summed E-state index contributed by atoms with van der Waals surface area (Å²) < 4.78 is 50.6. The van der Waals surface area contributed by atoms with Crippen molar-refractivity contribution < 1.29 is 32.2 Å². The molecule has 200 valence electrons. The van der Waals surface area contributed by atoms with E-state index in [1.807, 2.05) is 0 Å². The molecule has 0 aliphatic rings. The maximum atomic E-state index is 13.3. The number of amides is 2. The van der Waals surface area contributed by atoms with Gasteiger partial charge in [0.25, 0.3) is 5.89 Å². The maximum absolute atomic E-state index is 13.3. The quantitative estimate of drug-likeness (QED) is 0.256. The van der Waals surface area contributed by atoms with Gasteiger partial charge in [-0.25, -0.2) is 29.6 Å². The second-order valence-corrected chi connectivity index (χ2v) is 8.65. The van der Waals surface area contributed by atoms with E-state index in [-0.39, 0.29) is 51.5 Å². The molecule has 16 heteroatoms. The SMILES string of the molecule is CCNC(=O)Nc1cc(-c2nc(C(F)(F)F)cs2)c(-c2cc(-c3n[nH]c(=O)o3)cnc2OC[C@H](C)O)cn1. The number of aliphatic hydroxyl groups excluding tert-OH is 1. The van der Waals surface area contributed by atoms with Crippen molar-refractivity contribution in [1.29, 1.82) is 0 Å². The third kappa shape index (κ3) is 6.15. The van der Waals surface area contributed by atoms with E-state index in [0.717, 1.165) is 16.7 Å². The summed E-state index contributed by atoms with van der Waals surface area (Å²) in [4.78, 5) is 35.7. The van der Waals surface area contributed by atoms with Gasteiger partial charge in [0, 0.05) is 41.0 Å². The van der Waals surface area contributed by atoms with E-state index < -0.39 is 29.8 Å². The number of hydrogen-bond acceptors (Lipinski definition) is 10. The first kappa shape index (κ1) is 26.7. The number of thiazole rings is 1. The van der Waals surface area contributed by atoms with Crippen molar-refractivity contribution in [3.8, 4) is 39.0 Å². The van der Waals surface area contributed by atoms with Crippen LogP contribution in [0.3, 0.4) is 0 Å². The molecule has 0 saturated heterocycles. The molecule has 0 saturated carbocycles. The van der Waals surface area contributed by atoms with Crippen LogP contribution in [0.15, 0.2) is 39.1 Å². The first-order valence-corrected chi connectivity index (χ1v) is 11.9. The van der Waals surface area contributed by atoms with Crippen LogP contribution in [-0.2, 0) is 6.18 Å². The number of pyridine rings is 2. The third-order valence-electron chi connectivity index (χ3n) is 4.80. The molecule has 0 aromatic carbocycles. The van der Waals surface area contributed by atoms with E-state index in [1.165, 1.54) is 31.5 Å². The van der Waals surface area contributed by atoms with E-state index >= 15 is 0 Å². The molecule has 0 aliphatic heterocycles. The van der Waals surface area contributed by atoms with Crippen LogP contribution in [-0.4, -0.2) is 55.5 Å². The number of ether oxygens (including phenoxy) is 1. The van der Waals surface area contributed by atoms with Gasteiger partial charge < -0.3 is 19.6 Å². The predicted molar refractivity (Wildman–Crippen MR) is 130 cm³/mol. The van der Waals surface area contributed by atoms with Crippen molar-refractivity contribution in [2.24, 2.45) is 0 Å². The Balaban J connectivity index is 1.90. The van der Waals surface area contributed by atoms with Crippen molar-refractivity contribution >= 4 is 23.2 Å². The highest BCUT2D eigenvalue weighted by molar-refractivity contribution is 7.13. The van der Waals surface area contributed by atoms with Gasteiger partial charge in [0.1, 0.15) is 17.4 Å². The smallest absolute Gasteiger partial charge is 0.434 e. The zero-order valence-corrected chi connectivity index (χ0v) is 20.6. The summed E-state index contributed by atoms with van der Waals surface area (Å²) in [6.45, 7) is 3.40. The Hall–Kier alpha value is -4.31. The van der Waals surface area contributed by atoms with Crippen LogP contribution in [0.1, 0.15) is 19.5 Å². The van der Waals surface area contributed by atoms with Gasteiger partial charge in [-0.15, -0.1) is 16.4 Å². The van der Waals surface area contributed by atoms with Crippen LogP contribution < -0.4 is 21.1 Å². The van der Waals surface area contributed by atoms with Crippen molar-refractivity contribution in [2.75, 3.05) is 18.5 Å². The molecule has 4 N–H and O–H groups in total. The van der Waals surface area contributed by atoms with Crippen molar-refractivity contribution in [2.45, 2.75) is 26.1 Å². The molecule has 0 radical (unpaired) electrons. The topological polar surface area (TPSA) is 168 Å². The Morgan fingerprint density at radius 1 is 1.24 bits per heavy atom. The molecule has 0 fully saturated rings. The Morgan fingerprint density at radius 3 is 2.66 bits per heavy atom. The fourth-order valence-electron chi connectivity index (χ4n) is 3.19. The van der Waals surface area contributed by atoms with E-state index in [0.29, 0.717) is 6.54 Å². The summed E-state index contributed by atoms with van der Waals surface area (Å²) in [6.07, 6.45) is -2.91. The summed E-state index contributed by atoms with van der Waals surface area (Å²) in [6, 6.07) is 2.29. The van der Waals surface area contributed by atoms with Crippen LogP contribution in [0.5, 0.6) is 5.88 Å². The summed E-state index contributed by atoms with van der Waals surface area (Å²) in [5, 5.41) is 21.5. The number of hydrogen-bond donors (Lipinski definition) is 4. The Bertz CT molecular complexity index is 1500. The number of carbonyl (C=O) groups is 1. The number of aliphatic hydroxyl groups is 1. The summed E-state index contributed by atoms with van der Waals surface area (Å²) in [7, 11) is 0. The average molecular weight is 552 g/mol. The van der Waals surface area contributed by atoms with Gasteiger partial charge in [0.05, 0.1) is 11.7 Å². The lowest BCUT2D eigenvalue weighted by molar-refractivity contribution is -0.140. The fourth-order valence-corrected chi connectivity index (χ4v) is 4.05. The molecule has 0 spiro atoms. The summed E-state index contributed by atoms with van der Waals surface area (Å²) in [5.41, 5.74) is -0.203. The zero-order valence-electron chi connectivity index (χ0n) is 19.8. The highest BCUT2D eigenvalue weighted by Crippen LogP contribution is 2.41. The molecule has 38 heavy (non-hydrogen) atoms. The molecule has 4 aromatic heterocycles. The molecule has 0 aliphatic carbocycles. The van der Waals surface area contributed by atoms with Gasteiger partial charge in [0.15, 0.2) is 5.69 Å². The first-order chi connectivity index (χ1) is 18.0.